The Balaban J connectivity index is 1.08. The van der Waals surface area contributed by atoms with Gasteiger partial charge in [-0.25, -0.2) is 9.59 Å². The summed E-state index contributed by atoms with van der Waals surface area (Å²) in [5.74, 6) is 1.59. The van der Waals surface area contributed by atoms with Gasteiger partial charge in [0.05, 0.1) is 60.1 Å². The second kappa shape index (κ2) is 22.8. The lowest BCUT2D eigenvalue weighted by Gasteiger charge is -2.21. The first-order valence-electron chi connectivity index (χ1n) is 23.1. The number of benzene rings is 5. The smallest absolute Gasteiger partial charge is 0.355 e. The van der Waals surface area contributed by atoms with E-state index in [1.54, 1.807) is 61.8 Å². The number of ether oxygens (including phenoxy) is 4. The molecule has 0 saturated carbocycles. The summed E-state index contributed by atoms with van der Waals surface area (Å²) in [6.07, 6.45) is 1.15. The normalized spacial score (nSPS) is 11.5. The fourth-order valence-electron chi connectivity index (χ4n) is 8.82. The number of carbonyl (C=O) groups excluding carboxylic acids is 2. The number of hydrogen-bond acceptors (Lipinski definition) is 11. The van der Waals surface area contributed by atoms with E-state index < -0.39 is 11.9 Å². The van der Waals surface area contributed by atoms with Gasteiger partial charge in [-0.2, -0.15) is 10.2 Å². The average Bonchev–Trinajstić information content (AvgIpc) is 3.96. The van der Waals surface area contributed by atoms with Crippen LogP contribution in [0, 0.1) is 6.92 Å². The molecule has 0 spiro atoms. The van der Waals surface area contributed by atoms with Gasteiger partial charge in [-0.3, -0.25) is 14.3 Å². The van der Waals surface area contributed by atoms with Crippen molar-refractivity contribution in [3.05, 3.63) is 158 Å². The number of aromatic nitrogens is 5. The Kier molecular flexibility index (Phi) is 16.4. The highest BCUT2D eigenvalue weighted by Gasteiger charge is 2.29. The number of halogens is 2. The van der Waals surface area contributed by atoms with E-state index in [0.717, 1.165) is 82.1 Å². The lowest BCUT2D eigenvalue weighted by Crippen LogP contribution is -2.28. The number of aliphatic hydroxyl groups excluding tert-OH is 1. The van der Waals surface area contributed by atoms with Gasteiger partial charge in [0.2, 0.25) is 0 Å². The largest absolute Gasteiger partial charge is 0.497 e. The Morgan fingerprint density at radius 3 is 2.34 bits per heavy atom. The van der Waals surface area contributed by atoms with Gasteiger partial charge >= 0.3 is 11.9 Å². The van der Waals surface area contributed by atoms with Crippen LogP contribution in [0.25, 0.3) is 32.8 Å². The van der Waals surface area contributed by atoms with Gasteiger partial charge in [0.15, 0.2) is 0 Å². The van der Waals surface area contributed by atoms with Crippen molar-refractivity contribution in [2.24, 2.45) is 21.1 Å². The summed E-state index contributed by atoms with van der Waals surface area (Å²) in [6.45, 7) is 5.44. The molecule has 0 bridgehead atoms. The number of aliphatic hydroxyl groups is 1. The molecular formula is C54H56BrClN6O7S. The van der Waals surface area contributed by atoms with Crippen molar-refractivity contribution in [1.82, 2.24) is 29.0 Å². The van der Waals surface area contributed by atoms with Crippen LogP contribution in [0.5, 0.6) is 11.5 Å². The molecule has 5 aromatic carbocycles. The molecule has 13 nitrogen and oxygen atoms in total. The van der Waals surface area contributed by atoms with Crippen molar-refractivity contribution >= 4 is 72.9 Å². The number of nitrogens with zero attached hydrogens (tertiary/aromatic N) is 6. The summed E-state index contributed by atoms with van der Waals surface area (Å²) >= 11 is 12.4. The molecule has 0 saturated heterocycles. The van der Waals surface area contributed by atoms with Crippen molar-refractivity contribution in [3.8, 4) is 22.6 Å². The minimum Gasteiger partial charge on any atom is -0.497 e. The zero-order valence-corrected chi connectivity index (χ0v) is 43.3. The van der Waals surface area contributed by atoms with Crippen LogP contribution < -0.4 is 9.47 Å². The molecule has 3 heterocycles. The minimum absolute atomic E-state index is 0.102. The lowest BCUT2D eigenvalue weighted by atomic mass is 9.97. The number of methoxy groups -OCH3 is 1. The molecule has 70 heavy (non-hydrogen) atoms. The van der Waals surface area contributed by atoms with Crippen LogP contribution >= 0.6 is 39.3 Å². The Morgan fingerprint density at radius 1 is 0.843 bits per heavy atom. The maximum atomic E-state index is 14.0. The van der Waals surface area contributed by atoms with Crippen LogP contribution in [0.15, 0.2) is 112 Å². The number of aryl methyl sites for hydroxylation is 4. The second-order valence-electron chi connectivity index (χ2n) is 16.9. The number of carbonyl (C=O) groups is 2. The SMILES string of the molecule is CCOC(=O)c1c(CCCOc2cc(SCc3ccc(OC)cc3)cc3ccccc23)c2ccc(Cl)c(-c3c(CN(CCOC(=O)c4ccc(Br)cc4)Cc4cc(CO)n(C)n4)nn(C)c3C)c2n1C. The molecule has 0 aliphatic carbocycles. The number of hydrogen-bond donors (Lipinski definition) is 1. The molecule has 0 aliphatic heterocycles. The standard InChI is InChI=1S/C54H56BrClN6O7S/c1-7-67-54(65)52-44(13-10-25-68-48-29-42(27-37-11-8-9-12-43(37)48)70-33-35-14-20-41(66-6)21-15-35)45-22-23-46(56)50(51(45)59(52)3)49-34(2)60(4)58-47(49)31-62(30-39-28-40(32-63)61(5)57-39)24-26-69-53(64)36-16-18-38(55)19-17-36/h8-9,11-12,14-23,27-29,63H,7,10,13,24-26,30-33H2,1-6H3. The Morgan fingerprint density at radius 2 is 1.61 bits per heavy atom. The van der Waals surface area contributed by atoms with Gasteiger partial charge in [0.25, 0.3) is 0 Å². The molecule has 1 N–H and O–H groups in total. The van der Waals surface area contributed by atoms with Crippen molar-refractivity contribution < 1.29 is 33.6 Å². The molecule has 8 rings (SSSR count). The topological polar surface area (TPSA) is 135 Å². The predicted octanol–water partition coefficient (Wildman–Crippen LogP) is 11.0. The Hall–Kier alpha value is -6.10. The summed E-state index contributed by atoms with van der Waals surface area (Å²) < 4.78 is 29.7. The number of thioether (sulfide) groups is 1. The van der Waals surface area contributed by atoms with Crippen molar-refractivity contribution in [3.63, 3.8) is 0 Å². The zero-order valence-electron chi connectivity index (χ0n) is 40.1. The van der Waals surface area contributed by atoms with Crippen molar-refractivity contribution in [2.45, 2.75) is 57.0 Å². The third-order valence-electron chi connectivity index (χ3n) is 12.4. The highest BCUT2D eigenvalue weighted by Crippen LogP contribution is 2.43. The molecule has 364 valence electrons. The molecular weight excluding hydrogens is 992 g/mol. The maximum Gasteiger partial charge on any atom is 0.355 e. The van der Waals surface area contributed by atoms with Crippen LogP contribution in [-0.4, -0.2) is 79.5 Å². The Labute approximate surface area is 425 Å². The van der Waals surface area contributed by atoms with Crippen LogP contribution in [0.2, 0.25) is 5.02 Å². The molecule has 16 heteroatoms. The predicted molar refractivity (Wildman–Crippen MR) is 279 cm³/mol. The molecule has 0 radical (unpaired) electrons. The summed E-state index contributed by atoms with van der Waals surface area (Å²) in [7, 11) is 7.24. The van der Waals surface area contributed by atoms with Gasteiger partial charge in [-0.05, 0) is 104 Å². The molecule has 8 aromatic rings. The van der Waals surface area contributed by atoms with E-state index in [-0.39, 0.29) is 19.8 Å². The molecule has 0 amide bonds. The van der Waals surface area contributed by atoms with Crippen LogP contribution in [0.4, 0.5) is 0 Å². The van der Waals surface area contributed by atoms with Crippen LogP contribution in [0.1, 0.15) is 68.1 Å². The van der Waals surface area contributed by atoms with Gasteiger partial charge < -0.3 is 28.6 Å². The van der Waals surface area contributed by atoms with E-state index in [9.17, 15) is 14.7 Å². The summed E-state index contributed by atoms with van der Waals surface area (Å²) in [6, 6.07) is 33.4. The first-order valence-corrected chi connectivity index (χ1v) is 25.2. The minimum atomic E-state index is -0.428. The van der Waals surface area contributed by atoms with Crippen LogP contribution in [0.3, 0.4) is 0 Å². The maximum absolute atomic E-state index is 14.0. The molecule has 0 fully saturated rings. The van der Waals surface area contributed by atoms with Crippen molar-refractivity contribution in [2.75, 3.05) is 33.5 Å². The summed E-state index contributed by atoms with van der Waals surface area (Å²) in [5, 5.41) is 23.2. The van der Waals surface area contributed by atoms with E-state index in [2.05, 4.69) is 62.3 Å². The van der Waals surface area contributed by atoms with Crippen LogP contribution in [-0.2, 0) is 62.5 Å². The summed E-state index contributed by atoms with van der Waals surface area (Å²) in [5.41, 5.74) is 8.31. The monoisotopic (exact) mass is 1050 g/mol. The van der Waals surface area contributed by atoms with Gasteiger partial charge in [-0.15, -0.1) is 11.8 Å². The average molecular weight is 1050 g/mol. The molecule has 0 aliphatic rings. The fourth-order valence-corrected chi connectivity index (χ4v) is 10.3. The van der Waals surface area contributed by atoms with Crippen molar-refractivity contribution in [1.29, 1.82) is 0 Å². The molecule has 3 aromatic heterocycles. The quantitative estimate of drug-likeness (QED) is 0.0419. The Bertz CT molecular complexity index is 3150. The molecule has 0 atom stereocenters. The van der Waals surface area contributed by atoms with E-state index >= 15 is 0 Å². The summed E-state index contributed by atoms with van der Waals surface area (Å²) in [4.78, 5) is 30.2. The highest BCUT2D eigenvalue weighted by atomic mass is 79.9. The first-order chi connectivity index (χ1) is 33.9. The highest BCUT2D eigenvalue weighted by molar-refractivity contribution is 9.10. The van der Waals surface area contributed by atoms with E-state index in [4.69, 9.17) is 35.6 Å². The van der Waals surface area contributed by atoms with E-state index in [1.807, 2.05) is 72.7 Å². The van der Waals surface area contributed by atoms with E-state index in [1.165, 1.54) is 5.56 Å². The van der Waals surface area contributed by atoms with Gasteiger partial charge in [-0.1, -0.05) is 70.0 Å². The second-order valence-corrected chi connectivity index (χ2v) is 19.3. The number of esters is 2. The molecule has 0 unspecified atom stereocenters. The number of rotatable bonds is 21. The van der Waals surface area contributed by atoms with Gasteiger partial charge in [0.1, 0.15) is 23.8 Å². The third-order valence-corrected chi connectivity index (χ3v) is 14.3. The number of fused-ring (bicyclic) bond motifs is 2. The van der Waals surface area contributed by atoms with Gasteiger partial charge in [0, 0.05) is 83.5 Å². The fraction of sp³-hybridized carbons (Fsp3) is 0.296. The van der Waals surface area contributed by atoms with E-state index in [0.29, 0.717) is 61.1 Å². The lowest BCUT2D eigenvalue weighted by molar-refractivity contribution is 0.0451. The first kappa shape index (κ1) is 50.3. The zero-order chi connectivity index (χ0) is 49.5. The third kappa shape index (κ3) is 11.2.